The van der Waals surface area contributed by atoms with Gasteiger partial charge in [0.2, 0.25) is 5.91 Å². The van der Waals surface area contributed by atoms with Gasteiger partial charge in [0.15, 0.2) is 0 Å². The van der Waals surface area contributed by atoms with Crippen molar-refractivity contribution >= 4 is 17.3 Å². The van der Waals surface area contributed by atoms with Gasteiger partial charge in [0.1, 0.15) is 23.7 Å². The second-order valence-electron chi connectivity index (χ2n) is 5.38. The van der Waals surface area contributed by atoms with Crippen molar-refractivity contribution in [2.45, 2.75) is 12.8 Å². The molecule has 1 aromatic heterocycles. The molecule has 6 nitrogen and oxygen atoms in total. The number of methoxy groups -OCH3 is 1. The molecule has 0 aromatic carbocycles. The molecule has 1 aliphatic rings. The average Bonchev–Trinajstić information content (AvgIpc) is 2.62. The van der Waals surface area contributed by atoms with Gasteiger partial charge in [-0.3, -0.25) is 4.79 Å². The molecule has 0 aliphatic carbocycles. The van der Waals surface area contributed by atoms with Gasteiger partial charge in [-0.25, -0.2) is 14.4 Å². The minimum atomic E-state index is -0.616. The summed E-state index contributed by atoms with van der Waals surface area (Å²) in [5.74, 6) is -0.429. The topological polar surface area (TPSA) is 76.1 Å². The maximum Gasteiger partial charge on any atom is 0.229 e. The molecule has 1 atom stereocenters. The van der Waals surface area contributed by atoms with E-state index in [1.54, 1.807) is 0 Å². The summed E-state index contributed by atoms with van der Waals surface area (Å²) in [4.78, 5) is 20.3. The van der Waals surface area contributed by atoms with Crippen molar-refractivity contribution in [1.29, 1.82) is 0 Å². The summed E-state index contributed by atoms with van der Waals surface area (Å²) in [5.41, 5.74) is 0.330. The average molecular weight is 332 g/mol. The van der Waals surface area contributed by atoms with Gasteiger partial charge in [0, 0.05) is 12.6 Å². The van der Waals surface area contributed by atoms with Crippen molar-refractivity contribution < 1.29 is 13.9 Å². The Morgan fingerprint density at radius 1 is 1.54 bits per heavy atom. The third kappa shape index (κ3) is 4.26. The Kier molecular flexibility index (Phi) is 6.20. The molecule has 2 rings (SSSR count). The van der Waals surface area contributed by atoms with Crippen LogP contribution in [-0.2, 0) is 9.53 Å². The van der Waals surface area contributed by atoms with E-state index < -0.39 is 5.83 Å². The maximum atomic E-state index is 14.1. The zero-order valence-corrected chi connectivity index (χ0v) is 13.6. The van der Waals surface area contributed by atoms with Crippen LogP contribution in [0.3, 0.4) is 0 Å². The third-order valence-electron chi connectivity index (χ3n) is 3.79. The lowest BCUT2D eigenvalue weighted by Crippen LogP contribution is -2.37. The van der Waals surface area contributed by atoms with Gasteiger partial charge < -0.3 is 15.4 Å². The largest absolute Gasteiger partial charge is 0.497 e. The molecule has 2 N–H and O–H groups in total. The number of amides is 1. The number of hydrogen-bond acceptors (Lipinski definition) is 5. The minimum Gasteiger partial charge on any atom is -0.497 e. The molecular formula is C17H21FN4O2. The van der Waals surface area contributed by atoms with Gasteiger partial charge in [-0.1, -0.05) is 13.2 Å². The van der Waals surface area contributed by atoms with Gasteiger partial charge in [-0.2, -0.15) is 0 Å². The van der Waals surface area contributed by atoms with E-state index in [1.165, 1.54) is 19.5 Å². The zero-order valence-electron chi connectivity index (χ0n) is 13.6. The molecule has 1 unspecified atom stereocenters. The van der Waals surface area contributed by atoms with Gasteiger partial charge in [0.05, 0.1) is 24.3 Å². The van der Waals surface area contributed by atoms with Crippen LogP contribution in [0.5, 0.6) is 0 Å². The highest BCUT2D eigenvalue weighted by atomic mass is 19.1. The maximum absolute atomic E-state index is 14.1. The highest BCUT2D eigenvalue weighted by Crippen LogP contribution is 2.27. The zero-order chi connectivity index (χ0) is 17.5. The van der Waals surface area contributed by atoms with E-state index in [0.717, 1.165) is 25.5 Å². The lowest BCUT2D eigenvalue weighted by atomic mass is 9.99. The fraction of sp³-hybridized carbons (Fsp3) is 0.353. The van der Waals surface area contributed by atoms with Crippen molar-refractivity contribution in [3.63, 3.8) is 0 Å². The number of aromatic nitrogens is 2. The van der Waals surface area contributed by atoms with Crippen LogP contribution < -0.4 is 10.6 Å². The number of halogens is 1. The predicted molar refractivity (Wildman–Crippen MR) is 90.6 cm³/mol. The lowest BCUT2D eigenvalue weighted by Gasteiger charge is -2.21. The van der Waals surface area contributed by atoms with E-state index in [2.05, 4.69) is 33.8 Å². The van der Waals surface area contributed by atoms with Gasteiger partial charge in [0.25, 0.3) is 0 Å². The Labute approximate surface area is 140 Å². The summed E-state index contributed by atoms with van der Waals surface area (Å²) in [7, 11) is 1.39. The van der Waals surface area contributed by atoms with E-state index in [1.807, 2.05) is 0 Å². The third-order valence-corrected chi connectivity index (χ3v) is 3.79. The predicted octanol–water partition coefficient (Wildman–Crippen LogP) is 2.44. The van der Waals surface area contributed by atoms with E-state index in [0.29, 0.717) is 12.4 Å². The molecular weight excluding hydrogens is 311 g/mol. The first-order valence-electron chi connectivity index (χ1n) is 7.66. The van der Waals surface area contributed by atoms with E-state index >= 15 is 0 Å². The molecule has 1 aromatic rings. The fourth-order valence-corrected chi connectivity index (χ4v) is 2.47. The highest BCUT2D eigenvalue weighted by molar-refractivity contribution is 5.92. The molecule has 1 saturated heterocycles. The number of nitrogens with one attached hydrogen (secondary N) is 2. The summed E-state index contributed by atoms with van der Waals surface area (Å²) in [5, 5.41) is 5.94. The number of carbonyl (C=O) groups is 1. The molecule has 2 heterocycles. The first-order chi connectivity index (χ1) is 11.6. The highest BCUT2D eigenvalue weighted by Gasteiger charge is 2.22. The van der Waals surface area contributed by atoms with E-state index in [-0.39, 0.29) is 28.9 Å². The SMILES string of the molecule is C=C/C(F)=C(\C(=C)OC)c1cc(NC(=O)C2CCCNC2)ncn1. The van der Waals surface area contributed by atoms with Crippen LogP contribution in [-0.4, -0.2) is 36.1 Å². The number of nitrogens with zero attached hydrogens (tertiary/aromatic N) is 2. The van der Waals surface area contributed by atoms with Gasteiger partial charge >= 0.3 is 0 Å². The van der Waals surface area contributed by atoms with Crippen molar-refractivity contribution in [2.24, 2.45) is 5.92 Å². The second kappa shape index (κ2) is 8.35. The minimum absolute atomic E-state index is 0.0738. The van der Waals surface area contributed by atoms with Crippen LogP contribution in [0, 0.1) is 5.92 Å². The summed E-state index contributed by atoms with van der Waals surface area (Å²) >= 11 is 0. The first-order valence-corrected chi connectivity index (χ1v) is 7.66. The summed E-state index contributed by atoms with van der Waals surface area (Å²) in [6, 6.07) is 1.48. The monoisotopic (exact) mass is 332 g/mol. The van der Waals surface area contributed by atoms with E-state index in [9.17, 15) is 9.18 Å². The van der Waals surface area contributed by atoms with Crippen molar-refractivity contribution in [2.75, 3.05) is 25.5 Å². The number of piperidine rings is 1. The van der Waals surface area contributed by atoms with E-state index in [4.69, 9.17) is 4.74 Å². The molecule has 1 aliphatic heterocycles. The lowest BCUT2D eigenvalue weighted by molar-refractivity contribution is -0.120. The van der Waals surface area contributed by atoms with Crippen molar-refractivity contribution in [3.05, 3.63) is 48.9 Å². The second-order valence-corrected chi connectivity index (χ2v) is 5.38. The Morgan fingerprint density at radius 3 is 2.96 bits per heavy atom. The number of allylic oxidation sites excluding steroid dienone is 3. The Hall–Kier alpha value is -2.54. The first kappa shape index (κ1) is 17.8. The van der Waals surface area contributed by atoms with Crippen LogP contribution in [0.4, 0.5) is 10.2 Å². The van der Waals surface area contributed by atoms with Crippen LogP contribution in [0.15, 0.2) is 43.2 Å². The van der Waals surface area contributed by atoms with Crippen molar-refractivity contribution in [3.8, 4) is 0 Å². The molecule has 0 spiro atoms. The molecule has 0 saturated carbocycles. The Morgan fingerprint density at radius 2 is 2.33 bits per heavy atom. The Bertz CT molecular complexity index is 666. The van der Waals surface area contributed by atoms with Gasteiger partial charge in [-0.15, -0.1) is 0 Å². The number of hydrogen-bond donors (Lipinski definition) is 2. The summed E-state index contributed by atoms with van der Waals surface area (Å²) in [6.07, 6.45) is 4.09. The van der Waals surface area contributed by atoms with Crippen LogP contribution in [0.2, 0.25) is 0 Å². The molecule has 1 fully saturated rings. The fourth-order valence-electron chi connectivity index (χ4n) is 2.47. The van der Waals surface area contributed by atoms with Gasteiger partial charge in [-0.05, 0) is 25.5 Å². The smallest absolute Gasteiger partial charge is 0.229 e. The number of anilines is 1. The molecule has 0 bridgehead atoms. The molecule has 24 heavy (non-hydrogen) atoms. The molecule has 128 valence electrons. The van der Waals surface area contributed by atoms with Crippen molar-refractivity contribution in [1.82, 2.24) is 15.3 Å². The molecule has 7 heteroatoms. The number of carbonyl (C=O) groups excluding carboxylic acids is 1. The molecule has 1 amide bonds. The summed E-state index contributed by atoms with van der Waals surface area (Å²) in [6.45, 7) is 8.63. The number of rotatable bonds is 6. The van der Waals surface area contributed by atoms with Crippen LogP contribution in [0.25, 0.3) is 5.57 Å². The quantitative estimate of drug-likeness (QED) is 0.618. The number of ether oxygens (including phenoxy) is 1. The van der Waals surface area contributed by atoms with Crippen LogP contribution in [0.1, 0.15) is 18.5 Å². The molecule has 0 radical (unpaired) electrons. The standard InChI is InChI=1S/C17H21FN4O2/c1-4-13(18)16(11(2)24-3)14-8-15(21-10-20-14)22-17(23)12-6-5-7-19-9-12/h4,8,10,12,19H,1-2,5-7,9H2,3H3,(H,20,21,22,23)/b16-13-. The normalized spacial score (nSPS) is 18.3. The Balaban J connectivity index is 2.22. The van der Waals surface area contributed by atoms with Crippen LogP contribution >= 0.6 is 0 Å². The summed E-state index contributed by atoms with van der Waals surface area (Å²) < 4.78 is 19.1.